The van der Waals surface area contributed by atoms with E-state index in [0.29, 0.717) is 11.5 Å². The first kappa shape index (κ1) is 22.1. The Morgan fingerprint density at radius 3 is 2.61 bits per heavy atom. The Morgan fingerprint density at radius 2 is 1.93 bits per heavy atom. The lowest BCUT2D eigenvalue weighted by molar-refractivity contribution is -0.155. The van der Waals surface area contributed by atoms with Crippen molar-refractivity contribution in [2.75, 3.05) is 25.5 Å². The topological polar surface area (TPSA) is 82.1 Å². The predicted octanol–water partition coefficient (Wildman–Crippen LogP) is 2.93. The number of carbonyl (C=O) groups is 3. The smallest absolute Gasteiger partial charge is 0.344 e. The van der Waals surface area contributed by atoms with Crippen molar-refractivity contribution in [3.05, 3.63) is 29.8 Å². The molecule has 28 heavy (non-hydrogen) atoms. The van der Waals surface area contributed by atoms with Crippen LogP contribution >= 0.6 is 11.8 Å². The molecule has 0 aliphatic carbocycles. The summed E-state index contributed by atoms with van der Waals surface area (Å²) in [6, 6.07) is 7.26. The molecule has 1 heterocycles. The Balaban J connectivity index is 2.07. The van der Waals surface area contributed by atoms with E-state index in [1.54, 1.807) is 24.0 Å². The van der Waals surface area contributed by atoms with Gasteiger partial charge >= 0.3 is 11.9 Å². The van der Waals surface area contributed by atoms with Crippen molar-refractivity contribution in [3.63, 3.8) is 0 Å². The van der Waals surface area contributed by atoms with Gasteiger partial charge in [0.2, 0.25) is 5.91 Å². The van der Waals surface area contributed by atoms with E-state index in [0.717, 1.165) is 5.56 Å². The van der Waals surface area contributed by atoms with Gasteiger partial charge in [-0.3, -0.25) is 9.59 Å². The van der Waals surface area contributed by atoms with Crippen LogP contribution < -0.4 is 4.74 Å². The van der Waals surface area contributed by atoms with Crippen LogP contribution in [0.2, 0.25) is 0 Å². The number of rotatable bonds is 8. The van der Waals surface area contributed by atoms with Crippen LogP contribution in [0, 0.1) is 0 Å². The van der Waals surface area contributed by atoms with Gasteiger partial charge in [-0.25, -0.2) is 4.79 Å². The highest BCUT2D eigenvalue weighted by atomic mass is 32.2. The number of hydrogen-bond donors (Lipinski definition) is 0. The molecule has 1 aromatic carbocycles. The van der Waals surface area contributed by atoms with Gasteiger partial charge in [-0.15, -0.1) is 11.8 Å². The first-order valence-corrected chi connectivity index (χ1v) is 10.3. The van der Waals surface area contributed by atoms with E-state index in [-0.39, 0.29) is 43.4 Å². The summed E-state index contributed by atoms with van der Waals surface area (Å²) in [7, 11) is 0. The van der Waals surface area contributed by atoms with Crippen LogP contribution in [-0.2, 0) is 23.9 Å². The van der Waals surface area contributed by atoms with Crippen molar-refractivity contribution < 1.29 is 28.6 Å². The largest absolute Gasteiger partial charge is 0.482 e. The first-order chi connectivity index (χ1) is 13.2. The second kappa shape index (κ2) is 9.82. The Bertz CT molecular complexity index is 715. The number of carbonyl (C=O) groups excluding carboxylic acids is 3. The number of hydrogen-bond acceptors (Lipinski definition) is 7. The monoisotopic (exact) mass is 409 g/mol. The first-order valence-electron chi connectivity index (χ1n) is 9.21. The lowest BCUT2D eigenvalue weighted by Gasteiger charge is -2.26. The normalized spacial score (nSPS) is 16.8. The van der Waals surface area contributed by atoms with Gasteiger partial charge < -0.3 is 19.1 Å². The van der Waals surface area contributed by atoms with Crippen LogP contribution in [0.1, 0.15) is 45.1 Å². The SMILES string of the molecule is CCOC(=O)COc1ccccc1C1SCC(=O)N1CCC(=O)OC(C)(C)C. The molecule has 1 unspecified atom stereocenters. The van der Waals surface area contributed by atoms with Gasteiger partial charge in [0.05, 0.1) is 18.8 Å². The standard InChI is InChI=1S/C20H27NO6S/c1-5-25-18(24)12-26-15-9-7-6-8-14(15)19-21(16(22)13-28-19)11-10-17(23)27-20(2,3)4/h6-9,19H,5,10-13H2,1-4H3. The quantitative estimate of drug-likeness (QED) is 0.611. The number of benzene rings is 1. The Kier molecular flexibility index (Phi) is 7.74. The summed E-state index contributed by atoms with van der Waals surface area (Å²) < 4.78 is 15.8. The van der Waals surface area contributed by atoms with Crippen molar-refractivity contribution in [1.29, 1.82) is 0 Å². The summed E-state index contributed by atoms with van der Waals surface area (Å²) in [5.74, 6) is 0.00590. The molecule has 154 valence electrons. The highest BCUT2D eigenvalue weighted by Crippen LogP contribution is 2.42. The van der Waals surface area contributed by atoms with E-state index in [2.05, 4.69) is 0 Å². The second-order valence-corrected chi connectivity index (χ2v) is 8.29. The van der Waals surface area contributed by atoms with Crippen LogP contribution in [0.15, 0.2) is 24.3 Å². The maximum atomic E-state index is 12.4. The van der Waals surface area contributed by atoms with E-state index in [1.165, 1.54) is 11.8 Å². The third-order valence-electron chi connectivity index (χ3n) is 3.78. The third-order valence-corrected chi connectivity index (χ3v) is 5.02. The Hall–Kier alpha value is -2.22. The fourth-order valence-electron chi connectivity index (χ4n) is 2.71. The molecule has 0 bridgehead atoms. The molecule has 0 spiro atoms. The van der Waals surface area contributed by atoms with Gasteiger partial charge in [0.15, 0.2) is 6.61 Å². The zero-order valence-corrected chi connectivity index (χ0v) is 17.5. The minimum Gasteiger partial charge on any atom is -0.482 e. The molecular weight excluding hydrogens is 382 g/mol. The highest BCUT2D eigenvalue weighted by Gasteiger charge is 2.35. The van der Waals surface area contributed by atoms with Crippen molar-refractivity contribution in [2.45, 2.75) is 45.1 Å². The number of nitrogens with zero attached hydrogens (tertiary/aromatic N) is 1. The van der Waals surface area contributed by atoms with E-state index < -0.39 is 11.6 Å². The van der Waals surface area contributed by atoms with E-state index >= 15 is 0 Å². The number of thioether (sulfide) groups is 1. The summed E-state index contributed by atoms with van der Waals surface area (Å²) in [5.41, 5.74) is 0.222. The molecule has 1 aliphatic rings. The molecule has 0 N–H and O–H groups in total. The lowest BCUT2D eigenvalue weighted by Crippen LogP contribution is -2.32. The zero-order chi connectivity index (χ0) is 20.7. The molecule has 0 radical (unpaired) electrons. The van der Waals surface area contributed by atoms with E-state index in [4.69, 9.17) is 14.2 Å². The predicted molar refractivity (Wildman–Crippen MR) is 106 cm³/mol. The summed E-state index contributed by atoms with van der Waals surface area (Å²) in [4.78, 5) is 37.6. The fourth-order valence-corrected chi connectivity index (χ4v) is 3.96. The maximum Gasteiger partial charge on any atom is 0.344 e. The summed E-state index contributed by atoms with van der Waals surface area (Å²) in [6.45, 7) is 7.50. The van der Waals surface area contributed by atoms with Crippen molar-refractivity contribution in [1.82, 2.24) is 4.90 Å². The highest BCUT2D eigenvalue weighted by molar-refractivity contribution is 8.00. The fraction of sp³-hybridized carbons (Fsp3) is 0.550. The molecule has 1 aromatic rings. The number of para-hydroxylation sites is 1. The molecule has 1 fully saturated rings. The van der Waals surface area contributed by atoms with Crippen LogP contribution in [0.5, 0.6) is 5.75 Å². The Morgan fingerprint density at radius 1 is 1.21 bits per heavy atom. The minimum atomic E-state index is -0.562. The number of ether oxygens (including phenoxy) is 3. The maximum absolute atomic E-state index is 12.4. The molecular formula is C20H27NO6S. The second-order valence-electron chi connectivity index (χ2n) is 7.22. The number of esters is 2. The van der Waals surface area contributed by atoms with Gasteiger partial charge in [-0.2, -0.15) is 0 Å². The zero-order valence-electron chi connectivity index (χ0n) is 16.7. The molecule has 0 aromatic heterocycles. The molecule has 1 aliphatic heterocycles. The molecule has 0 saturated carbocycles. The molecule has 1 amide bonds. The van der Waals surface area contributed by atoms with Crippen LogP contribution in [0.3, 0.4) is 0 Å². The average Bonchev–Trinajstić information content (AvgIpc) is 2.98. The van der Waals surface area contributed by atoms with Crippen LogP contribution in [0.25, 0.3) is 0 Å². The van der Waals surface area contributed by atoms with Gasteiger partial charge in [-0.05, 0) is 33.8 Å². The van der Waals surface area contributed by atoms with Crippen molar-refractivity contribution in [2.24, 2.45) is 0 Å². The van der Waals surface area contributed by atoms with Crippen molar-refractivity contribution in [3.8, 4) is 5.75 Å². The van der Waals surface area contributed by atoms with Crippen LogP contribution in [0.4, 0.5) is 0 Å². The molecule has 1 atom stereocenters. The van der Waals surface area contributed by atoms with Gasteiger partial charge in [0.25, 0.3) is 0 Å². The molecule has 8 heteroatoms. The lowest BCUT2D eigenvalue weighted by atomic mass is 10.1. The molecule has 2 rings (SSSR count). The third kappa shape index (κ3) is 6.44. The van der Waals surface area contributed by atoms with Gasteiger partial charge in [0.1, 0.15) is 16.7 Å². The number of amides is 1. The van der Waals surface area contributed by atoms with Crippen LogP contribution in [-0.4, -0.2) is 53.9 Å². The summed E-state index contributed by atoms with van der Waals surface area (Å²) >= 11 is 1.46. The molecule has 1 saturated heterocycles. The summed E-state index contributed by atoms with van der Waals surface area (Å²) in [5, 5.41) is -0.284. The average molecular weight is 410 g/mol. The summed E-state index contributed by atoms with van der Waals surface area (Å²) in [6.07, 6.45) is 0.117. The van der Waals surface area contributed by atoms with Crippen molar-refractivity contribution >= 4 is 29.6 Å². The minimum absolute atomic E-state index is 0.0428. The van der Waals surface area contributed by atoms with Gasteiger partial charge in [-0.1, -0.05) is 18.2 Å². The van der Waals surface area contributed by atoms with Gasteiger partial charge in [0, 0.05) is 12.1 Å². The Labute approximate surface area is 169 Å². The van der Waals surface area contributed by atoms with E-state index in [9.17, 15) is 14.4 Å². The van der Waals surface area contributed by atoms with E-state index in [1.807, 2.05) is 32.9 Å². The molecule has 7 nitrogen and oxygen atoms in total.